The molecule has 4 nitrogen and oxygen atoms in total. The van der Waals surface area contributed by atoms with Crippen LogP contribution in [0.2, 0.25) is 0 Å². The van der Waals surface area contributed by atoms with Crippen LogP contribution in [-0.2, 0) is 14.9 Å². The zero-order chi connectivity index (χ0) is 14.0. The van der Waals surface area contributed by atoms with E-state index >= 15 is 0 Å². The zero-order valence-corrected chi connectivity index (χ0v) is 15.1. The first kappa shape index (κ1) is 17.5. The van der Waals surface area contributed by atoms with E-state index in [-0.39, 0.29) is 57.2 Å². The average molecular weight is 296 g/mol. The van der Waals surface area contributed by atoms with Gasteiger partial charge in [0.2, 0.25) is 0 Å². The fraction of sp³-hybridized carbons (Fsp3) is 0.400. The van der Waals surface area contributed by atoms with E-state index in [4.69, 9.17) is 10.00 Å². The molecule has 0 aliphatic carbocycles. The van der Waals surface area contributed by atoms with Gasteiger partial charge in [-0.05, 0) is 19.4 Å². The minimum atomic E-state index is -0.671. The number of cyclic esters (lactones) is 1. The zero-order valence-electron chi connectivity index (χ0n) is 12.0. The Kier molecular flexibility index (Phi) is 6.11. The Morgan fingerprint density at radius 3 is 2.40 bits per heavy atom. The van der Waals surface area contributed by atoms with Gasteiger partial charge in [0.25, 0.3) is 0 Å². The molecule has 0 N–H and O–H groups in total. The average Bonchev–Trinajstić information content (AvgIpc) is 2.84. The number of carbonyl (C=O) groups is 2. The van der Waals surface area contributed by atoms with Crippen LogP contribution in [0.5, 0.6) is 0 Å². The van der Waals surface area contributed by atoms with Crippen LogP contribution in [0, 0.1) is 17.2 Å². The van der Waals surface area contributed by atoms with Crippen LogP contribution in [0.15, 0.2) is 24.3 Å². The molecule has 0 radical (unpaired) electrons. The number of rotatable bonds is 3. The normalized spacial score (nSPS) is 17.9. The summed E-state index contributed by atoms with van der Waals surface area (Å²) < 4.78 is 4.80. The second-order valence-corrected chi connectivity index (χ2v) is 5.19. The summed E-state index contributed by atoms with van der Waals surface area (Å²) in [6.07, 6.45) is 0.448. The van der Waals surface area contributed by atoms with E-state index in [2.05, 4.69) is 6.07 Å². The van der Waals surface area contributed by atoms with Crippen molar-refractivity contribution < 1.29 is 65.7 Å². The first-order valence-corrected chi connectivity index (χ1v) is 6.18. The van der Waals surface area contributed by atoms with Crippen LogP contribution >= 0.6 is 0 Å². The Bertz CT molecular complexity index is 557. The largest absolute Gasteiger partial charge is 1.00 e. The van der Waals surface area contributed by atoms with Crippen molar-refractivity contribution in [1.82, 2.24) is 0 Å². The summed E-state index contributed by atoms with van der Waals surface area (Å²) in [4.78, 5) is 23.5. The molecule has 98 valence electrons. The van der Waals surface area contributed by atoms with Crippen LogP contribution < -0.4 is 51.4 Å². The predicted molar refractivity (Wildman–Crippen MR) is 68.5 cm³/mol. The van der Waals surface area contributed by atoms with Gasteiger partial charge in [-0.25, -0.2) is 0 Å². The molecule has 1 aliphatic rings. The van der Waals surface area contributed by atoms with Crippen molar-refractivity contribution in [2.75, 3.05) is 6.61 Å². The van der Waals surface area contributed by atoms with E-state index in [9.17, 15) is 9.59 Å². The molecular formula is C15H15KNO3+. The molecule has 1 saturated heterocycles. The maximum atomic E-state index is 12.1. The summed E-state index contributed by atoms with van der Waals surface area (Å²) in [7, 11) is 0. The van der Waals surface area contributed by atoms with Crippen LogP contribution in [0.3, 0.4) is 0 Å². The number of ether oxygens (including phenoxy) is 1. The minimum absolute atomic E-state index is 0. The van der Waals surface area contributed by atoms with Crippen LogP contribution in [0.25, 0.3) is 0 Å². The number of hydrogen-bond acceptors (Lipinski definition) is 4. The van der Waals surface area contributed by atoms with Crippen molar-refractivity contribution in [3.05, 3.63) is 35.4 Å². The van der Waals surface area contributed by atoms with Crippen molar-refractivity contribution in [3.63, 3.8) is 0 Å². The number of nitriles is 1. The first-order valence-electron chi connectivity index (χ1n) is 6.18. The second-order valence-electron chi connectivity index (χ2n) is 5.19. The van der Waals surface area contributed by atoms with Gasteiger partial charge in [-0.15, -0.1) is 0 Å². The van der Waals surface area contributed by atoms with Crippen molar-refractivity contribution in [1.29, 1.82) is 5.26 Å². The Morgan fingerprint density at radius 1 is 1.35 bits per heavy atom. The fourth-order valence-electron chi connectivity index (χ4n) is 2.05. The van der Waals surface area contributed by atoms with Crippen molar-refractivity contribution in [3.8, 4) is 6.07 Å². The van der Waals surface area contributed by atoms with Gasteiger partial charge in [-0.1, -0.05) is 24.3 Å². The maximum Gasteiger partial charge on any atom is 1.00 e. The fourth-order valence-corrected chi connectivity index (χ4v) is 2.05. The monoisotopic (exact) mass is 296 g/mol. The third kappa shape index (κ3) is 3.57. The van der Waals surface area contributed by atoms with Gasteiger partial charge < -0.3 is 4.74 Å². The second kappa shape index (κ2) is 6.97. The molecule has 1 aromatic carbocycles. The molecule has 1 aromatic rings. The van der Waals surface area contributed by atoms with Gasteiger partial charge in [0.05, 0.1) is 18.1 Å². The smallest absolute Gasteiger partial charge is 0.465 e. The van der Waals surface area contributed by atoms with Gasteiger partial charge in [-0.3, -0.25) is 9.59 Å². The number of benzene rings is 1. The predicted octanol–water partition coefficient (Wildman–Crippen LogP) is -0.762. The molecule has 1 unspecified atom stereocenters. The summed E-state index contributed by atoms with van der Waals surface area (Å²) in [5.74, 6) is -1.31. The molecule has 5 heteroatoms. The Morgan fingerprint density at radius 2 is 1.95 bits per heavy atom. The quantitative estimate of drug-likeness (QED) is 0.318. The molecule has 0 saturated carbocycles. The Labute approximate surface area is 160 Å². The van der Waals surface area contributed by atoms with E-state index in [1.165, 1.54) is 0 Å². The maximum absolute atomic E-state index is 12.1. The molecule has 1 atom stereocenters. The molecule has 0 aromatic heterocycles. The molecule has 1 aliphatic heterocycles. The van der Waals surface area contributed by atoms with E-state index in [1.807, 2.05) is 13.8 Å². The van der Waals surface area contributed by atoms with E-state index in [0.29, 0.717) is 18.6 Å². The standard InChI is InChI=1S/C15H15NO3.K/c1-15(2,9-16)11-5-3-10(4-6-11)13(17)12-7-8-19-14(12)18;/h3-6,12H,7-8H2,1-2H3;/q;+1. The van der Waals surface area contributed by atoms with Crippen LogP contribution in [-0.4, -0.2) is 18.4 Å². The van der Waals surface area contributed by atoms with Gasteiger partial charge in [0.15, 0.2) is 5.78 Å². The van der Waals surface area contributed by atoms with Crippen LogP contribution in [0.1, 0.15) is 36.2 Å². The summed E-state index contributed by atoms with van der Waals surface area (Å²) in [6.45, 7) is 3.95. The van der Waals surface area contributed by atoms with Crippen molar-refractivity contribution in [2.45, 2.75) is 25.7 Å². The molecule has 0 spiro atoms. The number of nitrogens with zero attached hydrogens (tertiary/aromatic N) is 1. The van der Waals surface area contributed by atoms with Gasteiger partial charge >= 0.3 is 57.4 Å². The molecule has 0 bridgehead atoms. The number of carbonyl (C=O) groups excluding carboxylic acids is 2. The topological polar surface area (TPSA) is 67.2 Å². The van der Waals surface area contributed by atoms with E-state index in [0.717, 1.165) is 5.56 Å². The Balaban J connectivity index is 0.00000200. The molecule has 0 amide bonds. The third-order valence-corrected chi connectivity index (χ3v) is 3.42. The van der Waals surface area contributed by atoms with E-state index in [1.54, 1.807) is 24.3 Å². The number of hydrogen-bond donors (Lipinski definition) is 0. The SMILES string of the molecule is CC(C)(C#N)c1ccc(C(=O)C2CCOC2=O)cc1.[K+]. The summed E-state index contributed by atoms with van der Waals surface area (Å²) in [6, 6.07) is 9.07. The Hall–Kier alpha value is -0.514. The molecular weight excluding hydrogens is 281 g/mol. The van der Waals surface area contributed by atoms with E-state index < -0.39 is 17.3 Å². The number of Topliss-reactive ketones (excluding diaryl/α,β-unsaturated/α-hetero) is 1. The van der Waals surface area contributed by atoms with Gasteiger partial charge in [0.1, 0.15) is 5.92 Å². The molecule has 20 heavy (non-hydrogen) atoms. The molecule has 1 fully saturated rings. The van der Waals surface area contributed by atoms with Gasteiger partial charge in [-0.2, -0.15) is 5.26 Å². The number of ketones is 1. The van der Waals surface area contributed by atoms with Gasteiger partial charge in [0, 0.05) is 12.0 Å². The summed E-state index contributed by atoms with van der Waals surface area (Å²) in [5, 5.41) is 9.06. The van der Waals surface area contributed by atoms with Crippen molar-refractivity contribution in [2.24, 2.45) is 5.92 Å². The van der Waals surface area contributed by atoms with Crippen molar-refractivity contribution >= 4 is 11.8 Å². The first-order chi connectivity index (χ1) is 8.95. The van der Waals surface area contributed by atoms with Crippen LogP contribution in [0.4, 0.5) is 0 Å². The minimum Gasteiger partial charge on any atom is -0.465 e. The third-order valence-electron chi connectivity index (χ3n) is 3.42. The number of esters is 1. The summed E-state index contributed by atoms with van der Waals surface area (Å²) >= 11 is 0. The molecule has 2 rings (SSSR count). The molecule has 1 heterocycles. The summed E-state index contributed by atoms with van der Waals surface area (Å²) in [5.41, 5.74) is 0.746.